The monoisotopic (exact) mass is 422 g/mol. The first-order valence-electron chi connectivity index (χ1n) is 10.6. The van der Waals surface area contributed by atoms with E-state index in [0.717, 1.165) is 24.2 Å². The number of hydrogen-bond acceptors (Lipinski definition) is 5. The quantitative estimate of drug-likeness (QED) is 0.738. The van der Waals surface area contributed by atoms with E-state index in [1.165, 1.54) is 10.5 Å². The molecule has 2 aromatic rings. The number of quaternary nitrogens is 1. The fourth-order valence-corrected chi connectivity index (χ4v) is 5.26. The summed E-state index contributed by atoms with van der Waals surface area (Å²) >= 11 is 0. The highest BCUT2D eigenvalue weighted by Gasteiger charge is 2.59. The number of para-hydroxylation sites is 1. The lowest BCUT2D eigenvalue weighted by atomic mass is 9.54. The number of nitrogens with zero attached hydrogens (tertiary/aromatic N) is 3. The Balaban J connectivity index is 1.85. The molecule has 1 saturated carbocycles. The van der Waals surface area contributed by atoms with Crippen molar-refractivity contribution < 1.29 is 9.64 Å². The van der Waals surface area contributed by atoms with Crippen LogP contribution in [-0.2, 0) is 6.54 Å². The predicted molar refractivity (Wildman–Crippen MR) is 119 cm³/mol. The molecule has 0 bridgehead atoms. The fraction of sp³-hybridized carbons (Fsp3) is 0.308. The van der Waals surface area contributed by atoms with Crippen molar-refractivity contribution in [3.63, 3.8) is 0 Å². The number of methoxy groups -OCH3 is 1. The Morgan fingerprint density at radius 3 is 2.41 bits per heavy atom. The molecule has 158 valence electrons. The molecule has 1 aliphatic carbocycles. The van der Waals surface area contributed by atoms with Gasteiger partial charge in [-0.25, -0.2) is 0 Å². The highest BCUT2D eigenvalue weighted by Crippen LogP contribution is 2.54. The summed E-state index contributed by atoms with van der Waals surface area (Å²) in [6, 6.07) is 24.1. The van der Waals surface area contributed by atoms with Crippen molar-refractivity contribution in [1.29, 1.82) is 21.2 Å². The predicted octanol–water partition coefficient (Wildman–Crippen LogP) is 2.63. The third kappa shape index (κ3) is 3.34. The lowest BCUT2D eigenvalue weighted by Gasteiger charge is -2.46. The van der Waals surface area contributed by atoms with Gasteiger partial charge in [-0.3, -0.25) is 0 Å². The van der Waals surface area contributed by atoms with Crippen LogP contribution in [0.2, 0.25) is 0 Å². The molecule has 1 fully saturated rings. The Labute approximate surface area is 188 Å². The highest BCUT2D eigenvalue weighted by atomic mass is 16.5. The zero-order valence-electron chi connectivity index (χ0n) is 17.9. The first-order valence-corrected chi connectivity index (χ1v) is 10.6. The Bertz CT molecular complexity index is 1170. The van der Waals surface area contributed by atoms with E-state index in [2.05, 4.69) is 36.4 Å². The van der Waals surface area contributed by atoms with Crippen molar-refractivity contribution in [2.75, 3.05) is 20.2 Å². The second kappa shape index (κ2) is 8.67. The van der Waals surface area contributed by atoms with Crippen molar-refractivity contribution >= 4 is 5.71 Å². The molecular formula is C26H24N5O+. The minimum atomic E-state index is -1.73. The van der Waals surface area contributed by atoms with Gasteiger partial charge in [0.05, 0.1) is 44.1 Å². The van der Waals surface area contributed by atoms with Crippen LogP contribution in [0.15, 0.2) is 66.2 Å². The average Bonchev–Trinajstić information content (AvgIpc) is 2.84. The van der Waals surface area contributed by atoms with Gasteiger partial charge in [-0.05, 0) is 17.7 Å². The smallest absolute Gasteiger partial charge is 0.190 e. The van der Waals surface area contributed by atoms with Gasteiger partial charge in [-0.1, -0.05) is 48.5 Å². The van der Waals surface area contributed by atoms with Gasteiger partial charge in [-0.2, -0.15) is 15.8 Å². The van der Waals surface area contributed by atoms with Crippen LogP contribution < -0.4 is 9.64 Å². The maximum absolute atomic E-state index is 10.2. The van der Waals surface area contributed by atoms with E-state index >= 15 is 0 Å². The minimum absolute atomic E-state index is 0.130. The van der Waals surface area contributed by atoms with Crippen LogP contribution >= 0.6 is 0 Å². The van der Waals surface area contributed by atoms with Crippen molar-refractivity contribution in [3.05, 3.63) is 77.4 Å². The molecule has 32 heavy (non-hydrogen) atoms. The molecule has 2 aromatic carbocycles. The normalized spacial score (nSPS) is 25.9. The van der Waals surface area contributed by atoms with Crippen LogP contribution in [0.25, 0.3) is 0 Å². The number of hydrogen-bond donors (Lipinski definition) is 2. The summed E-state index contributed by atoms with van der Waals surface area (Å²) < 4.78 is 5.59. The zero-order chi connectivity index (χ0) is 22.7. The van der Waals surface area contributed by atoms with E-state index in [1.54, 1.807) is 7.11 Å². The summed E-state index contributed by atoms with van der Waals surface area (Å²) in [5, 5.41) is 39.1. The third-order valence-corrected chi connectivity index (χ3v) is 6.73. The van der Waals surface area contributed by atoms with Crippen molar-refractivity contribution in [1.82, 2.24) is 0 Å². The fourth-order valence-electron chi connectivity index (χ4n) is 5.26. The summed E-state index contributed by atoms with van der Waals surface area (Å²) in [6.45, 7) is 2.21. The van der Waals surface area contributed by atoms with Crippen LogP contribution in [0.5, 0.6) is 5.75 Å². The lowest BCUT2D eigenvalue weighted by Crippen LogP contribution is -3.12. The number of benzene rings is 2. The Hall–Kier alpha value is -3.92. The van der Waals surface area contributed by atoms with Crippen molar-refractivity contribution in [2.24, 2.45) is 17.3 Å². The first kappa shape index (κ1) is 21.3. The number of nitriles is 3. The van der Waals surface area contributed by atoms with Crippen molar-refractivity contribution in [2.45, 2.75) is 12.5 Å². The molecule has 0 aromatic heterocycles. The van der Waals surface area contributed by atoms with E-state index in [1.807, 2.05) is 42.5 Å². The van der Waals surface area contributed by atoms with Crippen LogP contribution in [0, 0.1) is 56.7 Å². The topological polar surface area (TPSA) is 109 Å². The van der Waals surface area contributed by atoms with Gasteiger partial charge in [0.15, 0.2) is 5.41 Å². The summed E-state index contributed by atoms with van der Waals surface area (Å²) in [4.78, 5) is 1.29. The molecule has 1 heterocycles. The molecule has 2 aliphatic rings. The van der Waals surface area contributed by atoms with Gasteiger partial charge < -0.3 is 15.0 Å². The van der Waals surface area contributed by atoms with E-state index in [0.29, 0.717) is 12.3 Å². The molecular weight excluding hydrogens is 398 g/mol. The van der Waals surface area contributed by atoms with Gasteiger partial charge in [0.25, 0.3) is 0 Å². The molecule has 0 amide bonds. The van der Waals surface area contributed by atoms with Gasteiger partial charge in [-0.15, -0.1) is 0 Å². The van der Waals surface area contributed by atoms with Gasteiger partial charge in [0.1, 0.15) is 18.2 Å². The molecule has 4 atom stereocenters. The molecule has 4 rings (SSSR count). The molecule has 1 unspecified atom stereocenters. The molecule has 0 radical (unpaired) electrons. The van der Waals surface area contributed by atoms with Gasteiger partial charge in [0, 0.05) is 23.0 Å². The maximum atomic E-state index is 10.2. The molecule has 0 saturated heterocycles. The van der Waals surface area contributed by atoms with Gasteiger partial charge in [0.2, 0.25) is 0 Å². The molecule has 2 N–H and O–H groups in total. The second-order valence-corrected chi connectivity index (χ2v) is 8.36. The third-order valence-electron chi connectivity index (χ3n) is 6.73. The summed E-state index contributed by atoms with van der Waals surface area (Å²) in [5.74, 6) is -1.09. The lowest BCUT2D eigenvalue weighted by molar-refractivity contribution is -0.913. The molecule has 1 aliphatic heterocycles. The summed E-state index contributed by atoms with van der Waals surface area (Å²) in [7, 11) is 1.57. The Morgan fingerprint density at radius 1 is 1.06 bits per heavy atom. The van der Waals surface area contributed by atoms with Crippen LogP contribution in [0.3, 0.4) is 0 Å². The highest BCUT2D eigenvalue weighted by molar-refractivity contribution is 6.00. The largest absolute Gasteiger partial charge is 0.496 e. The number of ether oxygens (including phenoxy) is 1. The first-order chi connectivity index (χ1) is 15.6. The number of nitrogens with one attached hydrogen (secondary N) is 2. The standard InChI is InChI=1S/C26H23N5O/c1-32-23-10-6-5-9-20(23)24-22-15-31(14-18-7-3-2-4-8-18)12-11-19(22)21(13-27)25(30)26(24,16-28)17-29/h2-11,21-22,24,30H,12,14-15H2,1H3/p+1/t21-,22+,24-/m0/s1. The minimum Gasteiger partial charge on any atom is -0.496 e. The number of rotatable bonds is 4. The molecule has 0 spiro atoms. The maximum Gasteiger partial charge on any atom is 0.190 e. The van der Waals surface area contributed by atoms with Gasteiger partial charge >= 0.3 is 0 Å². The van der Waals surface area contributed by atoms with E-state index in [4.69, 9.17) is 10.1 Å². The molecule has 6 heteroatoms. The number of fused-ring (bicyclic) bond motifs is 1. The Morgan fingerprint density at radius 2 is 1.75 bits per heavy atom. The van der Waals surface area contributed by atoms with Crippen LogP contribution in [-0.4, -0.2) is 25.9 Å². The Kier molecular flexibility index (Phi) is 5.78. The van der Waals surface area contributed by atoms with E-state index in [9.17, 15) is 15.8 Å². The van der Waals surface area contributed by atoms with E-state index in [-0.39, 0.29) is 11.6 Å². The second-order valence-electron chi connectivity index (χ2n) is 8.36. The summed E-state index contributed by atoms with van der Waals surface area (Å²) in [5.41, 5.74) is 0.935. The average molecular weight is 423 g/mol. The summed E-state index contributed by atoms with van der Waals surface area (Å²) in [6.07, 6.45) is 2.05. The SMILES string of the molecule is COc1ccccc1[C@H]1[C@@H]2C[NH+](Cc3ccccc3)CC=C2[C@H](C#N)C(=N)C1(C#N)C#N. The van der Waals surface area contributed by atoms with E-state index < -0.39 is 17.3 Å². The van der Waals surface area contributed by atoms with Crippen LogP contribution in [0.4, 0.5) is 0 Å². The van der Waals surface area contributed by atoms with Crippen molar-refractivity contribution in [3.8, 4) is 24.0 Å². The zero-order valence-corrected chi connectivity index (χ0v) is 17.9. The molecule has 6 nitrogen and oxygen atoms in total. The van der Waals surface area contributed by atoms with Crippen LogP contribution in [0.1, 0.15) is 17.0 Å².